The van der Waals surface area contributed by atoms with Crippen LogP contribution in [-0.4, -0.2) is 55.5 Å². The molecule has 1 heterocycles. The molecule has 1 aromatic rings. The van der Waals surface area contributed by atoms with E-state index in [0.717, 1.165) is 45.3 Å². The molecule has 2 amide bonds. The largest absolute Gasteiger partial charge is 0.371 e. The Morgan fingerprint density at radius 1 is 1.04 bits per heavy atom. The first-order valence-electron chi connectivity index (χ1n) is 10.2. The quantitative estimate of drug-likeness (QED) is 0.612. The van der Waals surface area contributed by atoms with E-state index in [2.05, 4.69) is 27.7 Å². The Morgan fingerprint density at radius 2 is 1.78 bits per heavy atom. The number of nitrogens with zero attached hydrogens (tertiary/aromatic N) is 1. The summed E-state index contributed by atoms with van der Waals surface area (Å²) in [6.07, 6.45) is 6.73. The minimum atomic E-state index is -0.521. The highest BCUT2D eigenvalue weighted by Gasteiger charge is 2.23. The second-order valence-corrected chi connectivity index (χ2v) is 7.49. The van der Waals surface area contributed by atoms with E-state index in [4.69, 9.17) is 4.74 Å². The van der Waals surface area contributed by atoms with Gasteiger partial charge in [-0.15, -0.1) is 0 Å². The molecule has 2 fully saturated rings. The maximum absolute atomic E-state index is 12.1. The van der Waals surface area contributed by atoms with Crippen LogP contribution in [0.2, 0.25) is 0 Å². The fourth-order valence-corrected chi connectivity index (χ4v) is 3.86. The van der Waals surface area contributed by atoms with Crippen molar-refractivity contribution in [2.45, 2.75) is 50.7 Å². The molecule has 0 unspecified atom stereocenters. The van der Waals surface area contributed by atoms with Crippen molar-refractivity contribution in [2.75, 3.05) is 32.8 Å². The number of rotatable bonds is 5. The molecule has 6 heteroatoms. The Labute approximate surface area is 161 Å². The van der Waals surface area contributed by atoms with Crippen LogP contribution in [0, 0.1) is 0 Å². The summed E-state index contributed by atoms with van der Waals surface area (Å²) in [6.45, 7) is 3.50. The van der Waals surface area contributed by atoms with E-state index < -0.39 is 11.8 Å². The van der Waals surface area contributed by atoms with Crippen molar-refractivity contribution in [1.29, 1.82) is 0 Å². The molecule has 1 aliphatic carbocycles. The van der Waals surface area contributed by atoms with E-state index in [1.807, 2.05) is 18.2 Å². The monoisotopic (exact) mass is 373 g/mol. The van der Waals surface area contributed by atoms with Gasteiger partial charge in [0.05, 0.1) is 12.7 Å². The lowest BCUT2D eigenvalue weighted by Gasteiger charge is -2.33. The summed E-state index contributed by atoms with van der Waals surface area (Å²) in [6, 6.07) is 10.3. The molecule has 2 aliphatic rings. The van der Waals surface area contributed by atoms with Crippen LogP contribution < -0.4 is 10.6 Å². The lowest BCUT2D eigenvalue weighted by atomic mass is 10.1. The SMILES string of the molecule is O=C(NCCN1CCO[C@@H](c2ccccc2)C1)C(=O)NC1CCCCCC1. The molecule has 0 aromatic heterocycles. The second kappa shape index (κ2) is 10.4. The van der Waals surface area contributed by atoms with Gasteiger partial charge in [0.15, 0.2) is 0 Å². The highest BCUT2D eigenvalue weighted by molar-refractivity contribution is 6.35. The van der Waals surface area contributed by atoms with E-state index in [-0.39, 0.29) is 12.1 Å². The highest BCUT2D eigenvalue weighted by atomic mass is 16.5. The minimum absolute atomic E-state index is 0.0641. The number of morpholine rings is 1. The fourth-order valence-electron chi connectivity index (χ4n) is 3.86. The van der Waals surface area contributed by atoms with E-state index >= 15 is 0 Å². The maximum atomic E-state index is 12.1. The van der Waals surface area contributed by atoms with Crippen molar-refractivity contribution in [2.24, 2.45) is 0 Å². The summed E-state index contributed by atoms with van der Waals surface area (Å²) in [5.74, 6) is -1.02. The van der Waals surface area contributed by atoms with Crippen LogP contribution in [-0.2, 0) is 14.3 Å². The summed E-state index contributed by atoms with van der Waals surface area (Å²) < 4.78 is 5.86. The molecular weight excluding hydrogens is 342 g/mol. The Bertz CT molecular complexity index is 600. The normalized spacial score (nSPS) is 22.0. The summed E-state index contributed by atoms with van der Waals surface area (Å²) in [7, 11) is 0. The smallest absolute Gasteiger partial charge is 0.309 e. The Kier molecular flexibility index (Phi) is 7.66. The molecule has 1 aromatic carbocycles. The van der Waals surface area contributed by atoms with Gasteiger partial charge in [0.25, 0.3) is 0 Å². The van der Waals surface area contributed by atoms with Crippen LogP contribution in [0.4, 0.5) is 0 Å². The van der Waals surface area contributed by atoms with Gasteiger partial charge in [-0.3, -0.25) is 14.5 Å². The van der Waals surface area contributed by atoms with E-state index in [9.17, 15) is 9.59 Å². The molecule has 0 spiro atoms. The van der Waals surface area contributed by atoms with Crippen molar-refractivity contribution in [3.63, 3.8) is 0 Å². The van der Waals surface area contributed by atoms with Gasteiger partial charge in [0.1, 0.15) is 0 Å². The molecule has 6 nitrogen and oxygen atoms in total. The van der Waals surface area contributed by atoms with Gasteiger partial charge in [0.2, 0.25) is 0 Å². The summed E-state index contributed by atoms with van der Waals surface area (Å²) in [4.78, 5) is 26.4. The first-order valence-corrected chi connectivity index (χ1v) is 10.2. The lowest BCUT2D eigenvalue weighted by Crippen LogP contribution is -2.47. The zero-order valence-corrected chi connectivity index (χ0v) is 16.0. The molecule has 148 valence electrons. The van der Waals surface area contributed by atoms with Crippen molar-refractivity contribution in [3.8, 4) is 0 Å². The topological polar surface area (TPSA) is 70.7 Å². The Morgan fingerprint density at radius 3 is 2.52 bits per heavy atom. The Hall–Kier alpha value is -1.92. The highest BCUT2D eigenvalue weighted by Crippen LogP contribution is 2.21. The first kappa shape index (κ1) is 19.8. The van der Waals surface area contributed by atoms with Gasteiger partial charge in [-0.25, -0.2) is 0 Å². The maximum Gasteiger partial charge on any atom is 0.309 e. The summed E-state index contributed by atoms with van der Waals surface area (Å²) in [5, 5.41) is 5.65. The van der Waals surface area contributed by atoms with Crippen molar-refractivity contribution in [3.05, 3.63) is 35.9 Å². The molecular formula is C21H31N3O3. The summed E-state index contributed by atoms with van der Waals surface area (Å²) >= 11 is 0. The number of amides is 2. The van der Waals surface area contributed by atoms with Crippen molar-refractivity contribution in [1.82, 2.24) is 15.5 Å². The lowest BCUT2D eigenvalue weighted by molar-refractivity contribution is -0.139. The second-order valence-electron chi connectivity index (χ2n) is 7.49. The van der Waals surface area contributed by atoms with Gasteiger partial charge in [0, 0.05) is 32.2 Å². The van der Waals surface area contributed by atoms with Crippen LogP contribution in [0.25, 0.3) is 0 Å². The third-order valence-electron chi connectivity index (χ3n) is 5.43. The number of hydrogen-bond donors (Lipinski definition) is 2. The first-order chi connectivity index (χ1) is 13.2. The zero-order chi connectivity index (χ0) is 18.9. The van der Waals surface area contributed by atoms with Crippen LogP contribution >= 0.6 is 0 Å². The van der Waals surface area contributed by atoms with Crippen LogP contribution in [0.15, 0.2) is 30.3 Å². The molecule has 0 radical (unpaired) electrons. The number of benzene rings is 1. The van der Waals surface area contributed by atoms with Gasteiger partial charge >= 0.3 is 11.8 Å². The molecule has 1 atom stereocenters. The third-order valence-corrected chi connectivity index (χ3v) is 5.43. The third kappa shape index (κ3) is 6.33. The van der Waals surface area contributed by atoms with Gasteiger partial charge in [-0.05, 0) is 18.4 Å². The van der Waals surface area contributed by atoms with Crippen LogP contribution in [0.3, 0.4) is 0 Å². The molecule has 1 aliphatic heterocycles. The molecule has 27 heavy (non-hydrogen) atoms. The van der Waals surface area contributed by atoms with Gasteiger partial charge in [-0.2, -0.15) is 0 Å². The number of ether oxygens (including phenoxy) is 1. The predicted molar refractivity (Wildman–Crippen MR) is 104 cm³/mol. The van der Waals surface area contributed by atoms with E-state index in [0.29, 0.717) is 13.2 Å². The number of carbonyl (C=O) groups excluding carboxylic acids is 2. The fraction of sp³-hybridized carbons (Fsp3) is 0.619. The number of carbonyl (C=O) groups is 2. The van der Waals surface area contributed by atoms with Crippen LogP contribution in [0.5, 0.6) is 0 Å². The molecule has 2 N–H and O–H groups in total. The van der Waals surface area contributed by atoms with Gasteiger partial charge < -0.3 is 15.4 Å². The molecule has 3 rings (SSSR count). The molecule has 1 saturated heterocycles. The average molecular weight is 373 g/mol. The molecule has 0 bridgehead atoms. The average Bonchev–Trinajstić information content (AvgIpc) is 2.97. The standard InChI is InChI=1S/C21H31N3O3/c25-20(21(26)23-18-10-6-1-2-7-11-18)22-12-13-24-14-15-27-19(16-24)17-8-4-3-5-9-17/h3-5,8-9,18-19H,1-2,6-7,10-16H2,(H,22,25)(H,23,26)/t19-/m1/s1. The van der Waals surface area contributed by atoms with Crippen LogP contribution in [0.1, 0.15) is 50.2 Å². The van der Waals surface area contributed by atoms with Gasteiger partial charge in [-0.1, -0.05) is 56.0 Å². The minimum Gasteiger partial charge on any atom is -0.371 e. The zero-order valence-electron chi connectivity index (χ0n) is 16.0. The van der Waals surface area contributed by atoms with E-state index in [1.165, 1.54) is 18.4 Å². The van der Waals surface area contributed by atoms with Crippen molar-refractivity contribution < 1.29 is 14.3 Å². The number of nitrogens with one attached hydrogen (secondary N) is 2. The van der Waals surface area contributed by atoms with E-state index in [1.54, 1.807) is 0 Å². The van der Waals surface area contributed by atoms with Crippen molar-refractivity contribution >= 4 is 11.8 Å². The number of hydrogen-bond acceptors (Lipinski definition) is 4. The Balaban J connectivity index is 1.37. The molecule has 1 saturated carbocycles. The summed E-state index contributed by atoms with van der Waals surface area (Å²) in [5.41, 5.74) is 1.18. The predicted octanol–water partition coefficient (Wildman–Crippen LogP) is 2.02.